The first kappa shape index (κ1) is 25.7. The van der Waals surface area contributed by atoms with Gasteiger partial charge in [0.25, 0.3) is 0 Å². The summed E-state index contributed by atoms with van der Waals surface area (Å²) in [7, 11) is 0. The molecular formula is C29H34N6O3. The van der Waals surface area contributed by atoms with Crippen LogP contribution in [-0.4, -0.2) is 65.2 Å². The molecule has 198 valence electrons. The van der Waals surface area contributed by atoms with Crippen LogP contribution in [0.4, 0.5) is 16.3 Å². The maximum absolute atomic E-state index is 13.2. The number of carbonyl (C=O) groups excluding carboxylic acids is 1. The normalized spacial score (nSPS) is 14.4. The highest BCUT2D eigenvalue weighted by Crippen LogP contribution is 2.32. The molecule has 0 unspecified atom stereocenters. The predicted molar refractivity (Wildman–Crippen MR) is 149 cm³/mol. The Kier molecular flexibility index (Phi) is 7.57. The first-order valence-electron chi connectivity index (χ1n) is 12.9. The van der Waals surface area contributed by atoms with Gasteiger partial charge in [0.2, 0.25) is 0 Å². The molecule has 5 rings (SSSR count). The van der Waals surface area contributed by atoms with Crippen molar-refractivity contribution in [2.24, 2.45) is 0 Å². The van der Waals surface area contributed by atoms with Crippen LogP contribution in [0.3, 0.4) is 0 Å². The van der Waals surface area contributed by atoms with Gasteiger partial charge in [0.05, 0.1) is 36.5 Å². The van der Waals surface area contributed by atoms with Gasteiger partial charge in [-0.15, -0.1) is 0 Å². The lowest BCUT2D eigenvalue weighted by Gasteiger charge is -2.26. The number of rotatable bonds is 7. The van der Waals surface area contributed by atoms with Gasteiger partial charge in [0.15, 0.2) is 0 Å². The van der Waals surface area contributed by atoms with Crippen molar-refractivity contribution in [3.63, 3.8) is 0 Å². The number of fused-ring (bicyclic) bond motifs is 1. The summed E-state index contributed by atoms with van der Waals surface area (Å²) >= 11 is 0. The van der Waals surface area contributed by atoms with Crippen molar-refractivity contribution < 1.29 is 14.3 Å². The summed E-state index contributed by atoms with van der Waals surface area (Å²) in [6.07, 6.45) is 3.42. The summed E-state index contributed by atoms with van der Waals surface area (Å²) in [5.41, 5.74) is 2.14. The van der Waals surface area contributed by atoms with Crippen molar-refractivity contribution >= 4 is 28.3 Å². The molecule has 0 saturated carbocycles. The molecule has 0 atom stereocenters. The Labute approximate surface area is 222 Å². The van der Waals surface area contributed by atoms with E-state index in [1.54, 1.807) is 17.1 Å². The van der Waals surface area contributed by atoms with Gasteiger partial charge in [-0.05, 0) is 24.3 Å². The molecule has 2 aromatic carbocycles. The van der Waals surface area contributed by atoms with Crippen LogP contribution in [-0.2, 0) is 10.2 Å². The van der Waals surface area contributed by atoms with Crippen molar-refractivity contribution in [1.82, 2.24) is 19.7 Å². The number of nitrogens with one attached hydrogen (secondary N) is 2. The number of anilines is 2. The Morgan fingerprint density at radius 2 is 1.82 bits per heavy atom. The van der Waals surface area contributed by atoms with E-state index in [1.165, 1.54) is 0 Å². The summed E-state index contributed by atoms with van der Waals surface area (Å²) in [5.74, 6) is 1.36. The maximum Gasteiger partial charge on any atom is 0.324 e. The van der Waals surface area contributed by atoms with Gasteiger partial charge in [-0.3, -0.25) is 15.2 Å². The summed E-state index contributed by atoms with van der Waals surface area (Å²) in [5, 5.41) is 12.6. The molecule has 2 amide bonds. The quantitative estimate of drug-likeness (QED) is 0.358. The van der Waals surface area contributed by atoms with Crippen LogP contribution in [0.25, 0.3) is 16.5 Å². The highest BCUT2D eigenvalue weighted by Gasteiger charge is 2.22. The fourth-order valence-corrected chi connectivity index (χ4v) is 4.40. The zero-order valence-corrected chi connectivity index (χ0v) is 22.1. The van der Waals surface area contributed by atoms with E-state index in [4.69, 9.17) is 14.6 Å². The van der Waals surface area contributed by atoms with E-state index in [2.05, 4.69) is 41.3 Å². The molecule has 0 aliphatic carbocycles. The average Bonchev–Trinajstić information content (AvgIpc) is 3.35. The number of aromatic nitrogens is 3. The molecule has 1 saturated heterocycles. The summed E-state index contributed by atoms with van der Waals surface area (Å²) in [6, 6.07) is 17.0. The van der Waals surface area contributed by atoms with Crippen LogP contribution in [0.15, 0.2) is 67.0 Å². The molecule has 2 N–H and O–H groups in total. The number of amides is 2. The van der Waals surface area contributed by atoms with Crippen LogP contribution in [0.1, 0.15) is 26.5 Å². The van der Waals surface area contributed by atoms with Crippen LogP contribution in [0.2, 0.25) is 0 Å². The van der Waals surface area contributed by atoms with E-state index in [-0.39, 0.29) is 11.4 Å². The van der Waals surface area contributed by atoms with E-state index in [0.717, 1.165) is 60.8 Å². The Balaban J connectivity index is 1.33. The van der Waals surface area contributed by atoms with Crippen molar-refractivity contribution in [1.29, 1.82) is 0 Å². The second kappa shape index (κ2) is 11.2. The Morgan fingerprint density at radius 3 is 2.55 bits per heavy atom. The molecule has 1 fully saturated rings. The highest BCUT2D eigenvalue weighted by atomic mass is 16.5. The molecule has 3 heterocycles. The molecule has 0 bridgehead atoms. The molecule has 0 spiro atoms. The molecule has 9 heteroatoms. The number of carbonyl (C=O) groups is 1. The Bertz CT molecular complexity index is 1390. The van der Waals surface area contributed by atoms with E-state index in [0.29, 0.717) is 18.1 Å². The number of morpholine rings is 1. The van der Waals surface area contributed by atoms with Gasteiger partial charge in [-0.2, -0.15) is 5.10 Å². The SMILES string of the molecule is CC(C)(C)c1cc(NC(=O)Nc2ccc(OCCN3CCOCC3)c3ccccc23)n(-c2cccnc2)n1. The lowest BCUT2D eigenvalue weighted by Crippen LogP contribution is -2.38. The monoisotopic (exact) mass is 514 g/mol. The van der Waals surface area contributed by atoms with Gasteiger partial charge < -0.3 is 14.8 Å². The molecule has 0 radical (unpaired) electrons. The minimum atomic E-state index is -0.360. The standard InChI is InChI=1S/C29H34N6O3/c1-29(2,3)26-19-27(35(33-26)21-7-6-12-30-20-21)32-28(36)31-24-10-11-25(23-9-5-4-8-22(23)24)38-18-15-34-13-16-37-17-14-34/h4-12,19-20H,13-18H2,1-3H3,(H2,31,32,36). The van der Waals surface area contributed by atoms with E-state index < -0.39 is 0 Å². The van der Waals surface area contributed by atoms with Crippen molar-refractivity contribution in [3.8, 4) is 11.4 Å². The number of benzene rings is 2. The van der Waals surface area contributed by atoms with Crippen LogP contribution < -0.4 is 15.4 Å². The third-order valence-electron chi connectivity index (χ3n) is 6.51. The van der Waals surface area contributed by atoms with Gasteiger partial charge in [-0.1, -0.05) is 45.0 Å². The van der Waals surface area contributed by atoms with Gasteiger partial charge in [0, 0.05) is 48.1 Å². The molecule has 2 aromatic heterocycles. The lowest BCUT2D eigenvalue weighted by molar-refractivity contribution is 0.0323. The fourth-order valence-electron chi connectivity index (χ4n) is 4.40. The second-order valence-corrected chi connectivity index (χ2v) is 10.3. The third kappa shape index (κ3) is 5.95. The van der Waals surface area contributed by atoms with Crippen molar-refractivity contribution in [2.75, 3.05) is 50.1 Å². The summed E-state index contributed by atoms with van der Waals surface area (Å²) < 4.78 is 13.3. The zero-order valence-electron chi connectivity index (χ0n) is 22.1. The first-order valence-corrected chi connectivity index (χ1v) is 12.9. The first-order chi connectivity index (χ1) is 18.4. The van der Waals surface area contributed by atoms with E-state index in [9.17, 15) is 4.79 Å². The largest absolute Gasteiger partial charge is 0.492 e. The Hall–Kier alpha value is -3.95. The van der Waals surface area contributed by atoms with E-state index >= 15 is 0 Å². The van der Waals surface area contributed by atoms with Crippen LogP contribution >= 0.6 is 0 Å². The average molecular weight is 515 g/mol. The second-order valence-electron chi connectivity index (χ2n) is 10.3. The fraction of sp³-hybridized carbons (Fsp3) is 0.345. The number of hydrogen-bond donors (Lipinski definition) is 2. The molecule has 38 heavy (non-hydrogen) atoms. The molecule has 1 aliphatic heterocycles. The minimum Gasteiger partial charge on any atom is -0.492 e. The summed E-state index contributed by atoms with van der Waals surface area (Å²) in [6.45, 7) is 11.1. The number of hydrogen-bond acceptors (Lipinski definition) is 6. The zero-order chi connectivity index (χ0) is 26.5. The third-order valence-corrected chi connectivity index (χ3v) is 6.51. The predicted octanol–water partition coefficient (Wildman–Crippen LogP) is 5.07. The lowest BCUT2D eigenvalue weighted by atomic mass is 9.92. The smallest absolute Gasteiger partial charge is 0.324 e. The van der Waals surface area contributed by atoms with Crippen molar-refractivity contribution in [2.45, 2.75) is 26.2 Å². The minimum absolute atomic E-state index is 0.186. The van der Waals surface area contributed by atoms with Gasteiger partial charge in [0.1, 0.15) is 18.2 Å². The van der Waals surface area contributed by atoms with E-state index in [1.807, 2.05) is 54.6 Å². The van der Waals surface area contributed by atoms with Crippen LogP contribution in [0, 0.1) is 0 Å². The number of ether oxygens (including phenoxy) is 2. The highest BCUT2D eigenvalue weighted by molar-refractivity contribution is 6.07. The number of nitrogens with zero attached hydrogens (tertiary/aromatic N) is 4. The van der Waals surface area contributed by atoms with Crippen LogP contribution in [0.5, 0.6) is 5.75 Å². The van der Waals surface area contributed by atoms with Gasteiger partial charge >= 0.3 is 6.03 Å². The molecule has 1 aliphatic rings. The molecular weight excluding hydrogens is 480 g/mol. The maximum atomic E-state index is 13.2. The van der Waals surface area contributed by atoms with Crippen molar-refractivity contribution in [3.05, 3.63) is 72.7 Å². The summed E-state index contributed by atoms with van der Waals surface area (Å²) in [4.78, 5) is 19.7. The topological polar surface area (TPSA) is 93.5 Å². The number of pyridine rings is 1. The molecule has 9 nitrogen and oxygen atoms in total. The molecule has 4 aromatic rings. The number of urea groups is 1. The van der Waals surface area contributed by atoms with Gasteiger partial charge in [-0.25, -0.2) is 9.48 Å². The Morgan fingerprint density at radius 1 is 1.03 bits per heavy atom.